The molecule has 2 unspecified atom stereocenters. The van der Waals surface area contributed by atoms with Crippen molar-refractivity contribution in [3.63, 3.8) is 0 Å². The Kier molecular flexibility index (Phi) is 5.09. The highest BCUT2D eigenvalue weighted by molar-refractivity contribution is 6.30. The Morgan fingerprint density at radius 2 is 1.76 bits per heavy atom. The maximum Gasteiger partial charge on any atom is 0.228 e. The number of halogens is 1. The van der Waals surface area contributed by atoms with E-state index in [9.17, 15) is 9.59 Å². The smallest absolute Gasteiger partial charge is 0.228 e. The minimum absolute atomic E-state index is 0.0590. The van der Waals surface area contributed by atoms with E-state index < -0.39 is 0 Å². The first-order chi connectivity index (χ1) is 12.0. The normalized spacial score (nSPS) is 18.5. The van der Waals surface area contributed by atoms with Gasteiger partial charge in [-0.3, -0.25) is 9.59 Å². The Morgan fingerprint density at radius 3 is 2.48 bits per heavy atom. The van der Waals surface area contributed by atoms with Crippen molar-refractivity contribution in [3.8, 4) is 0 Å². The second-order valence-electron chi connectivity index (χ2n) is 6.54. The first-order valence-corrected chi connectivity index (χ1v) is 8.72. The molecule has 2 aromatic rings. The van der Waals surface area contributed by atoms with E-state index in [4.69, 9.17) is 11.6 Å². The number of hydrogen-bond donors (Lipinski definition) is 2. The summed E-state index contributed by atoms with van der Waals surface area (Å²) in [7, 11) is 0. The second kappa shape index (κ2) is 7.28. The van der Waals surface area contributed by atoms with Crippen LogP contribution in [0.25, 0.3) is 0 Å². The van der Waals surface area contributed by atoms with Gasteiger partial charge in [-0.05, 0) is 55.2 Å². The lowest BCUT2D eigenvalue weighted by Crippen LogP contribution is -2.27. The molecule has 0 aromatic heterocycles. The third kappa shape index (κ3) is 4.20. The molecule has 2 amide bonds. The molecular weight excluding hydrogens is 336 g/mol. The van der Waals surface area contributed by atoms with Gasteiger partial charge in [-0.25, -0.2) is 0 Å². The second-order valence-corrected chi connectivity index (χ2v) is 6.98. The monoisotopic (exact) mass is 356 g/mol. The zero-order valence-electron chi connectivity index (χ0n) is 14.3. The Labute approximate surface area is 152 Å². The average molecular weight is 357 g/mol. The molecule has 5 heteroatoms. The SMILES string of the molecule is Cc1ccccc1CNC(=O)C1CC1C(=O)Nc1ccc(Cl)cc1C. The molecule has 25 heavy (non-hydrogen) atoms. The largest absolute Gasteiger partial charge is 0.352 e. The van der Waals surface area contributed by atoms with Crippen molar-refractivity contribution >= 4 is 29.1 Å². The molecule has 0 spiro atoms. The predicted octanol–water partition coefficient (Wildman–Crippen LogP) is 3.85. The summed E-state index contributed by atoms with van der Waals surface area (Å²) in [5.74, 6) is -0.665. The molecule has 130 valence electrons. The van der Waals surface area contributed by atoms with Gasteiger partial charge in [-0.15, -0.1) is 0 Å². The molecule has 3 rings (SSSR count). The minimum Gasteiger partial charge on any atom is -0.352 e. The van der Waals surface area contributed by atoms with Gasteiger partial charge in [0.05, 0.1) is 11.8 Å². The standard InChI is InChI=1S/C20H21ClN2O2/c1-12-5-3-4-6-14(12)11-22-19(24)16-10-17(16)20(25)23-18-8-7-15(21)9-13(18)2/h3-9,16-17H,10-11H2,1-2H3,(H,22,24)(H,23,25). The predicted molar refractivity (Wildman–Crippen MR) is 99.4 cm³/mol. The van der Waals surface area contributed by atoms with Gasteiger partial charge in [-0.2, -0.15) is 0 Å². The number of carbonyl (C=O) groups is 2. The van der Waals surface area contributed by atoms with E-state index in [0.29, 0.717) is 18.0 Å². The third-order valence-electron chi connectivity index (χ3n) is 4.62. The van der Waals surface area contributed by atoms with E-state index in [1.54, 1.807) is 18.2 Å². The van der Waals surface area contributed by atoms with Crippen molar-refractivity contribution in [2.24, 2.45) is 11.8 Å². The van der Waals surface area contributed by atoms with Gasteiger partial charge >= 0.3 is 0 Å². The molecule has 2 atom stereocenters. The van der Waals surface area contributed by atoms with Gasteiger partial charge in [-0.1, -0.05) is 35.9 Å². The maximum atomic E-state index is 12.3. The number of anilines is 1. The van der Waals surface area contributed by atoms with Crippen molar-refractivity contribution in [2.75, 3.05) is 5.32 Å². The van der Waals surface area contributed by atoms with Gasteiger partial charge in [0.1, 0.15) is 0 Å². The molecule has 2 N–H and O–H groups in total. The average Bonchev–Trinajstić information content (AvgIpc) is 3.37. The number of hydrogen-bond acceptors (Lipinski definition) is 2. The molecule has 1 aliphatic carbocycles. The molecule has 0 saturated heterocycles. The molecule has 2 aromatic carbocycles. The molecule has 1 saturated carbocycles. The van der Waals surface area contributed by atoms with Crippen LogP contribution in [-0.2, 0) is 16.1 Å². The molecule has 4 nitrogen and oxygen atoms in total. The van der Waals surface area contributed by atoms with E-state index in [1.807, 2.05) is 38.1 Å². The van der Waals surface area contributed by atoms with Gasteiger partial charge in [0.15, 0.2) is 0 Å². The summed E-state index contributed by atoms with van der Waals surface area (Å²) < 4.78 is 0. The lowest BCUT2D eigenvalue weighted by molar-refractivity contribution is -0.125. The van der Waals surface area contributed by atoms with Crippen LogP contribution in [0.5, 0.6) is 0 Å². The molecular formula is C20H21ClN2O2. The summed E-state index contributed by atoms with van der Waals surface area (Å²) in [5, 5.41) is 6.46. The topological polar surface area (TPSA) is 58.2 Å². The van der Waals surface area contributed by atoms with Crippen LogP contribution < -0.4 is 10.6 Å². The fourth-order valence-electron chi connectivity index (χ4n) is 2.89. The lowest BCUT2D eigenvalue weighted by Gasteiger charge is -2.09. The fourth-order valence-corrected chi connectivity index (χ4v) is 3.12. The summed E-state index contributed by atoms with van der Waals surface area (Å²) in [6.07, 6.45) is 0.595. The van der Waals surface area contributed by atoms with Crippen LogP contribution in [0.3, 0.4) is 0 Å². The van der Waals surface area contributed by atoms with Crippen LogP contribution in [-0.4, -0.2) is 11.8 Å². The van der Waals surface area contributed by atoms with Crippen LogP contribution in [0.1, 0.15) is 23.1 Å². The number of aryl methyl sites for hydroxylation is 2. The minimum atomic E-state index is -0.257. The summed E-state index contributed by atoms with van der Waals surface area (Å²) in [6.45, 7) is 4.40. The van der Waals surface area contributed by atoms with E-state index in [0.717, 1.165) is 22.4 Å². The summed E-state index contributed by atoms with van der Waals surface area (Å²) in [4.78, 5) is 24.6. The van der Waals surface area contributed by atoms with Crippen molar-refractivity contribution in [2.45, 2.75) is 26.8 Å². The van der Waals surface area contributed by atoms with E-state index in [2.05, 4.69) is 10.6 Å². The Hall–Kier alpha value is -2.33. The fraction of sp³-hybridized carbons (Fsp3) is 0.300. The Morgan fingerprint density at radius 1 is 1.04 bits per heavy atom. The molecule has 1 aliphatic rings. The van der Waals surface area contributed by atoms with Crippen LogP contribution in [0.4, 0.5) is 5.69 Å². The van der Waals surface area contributed by atoms with Crippen LogP contribution >= 0.6 is 11.6 Å². The Bertz CT molecular complexity index is 819. The zero-order valence-corrected chi connectivity index (χ0v) is 15.1. The number of nitrogens with one attached hydrogen (secondary N) is 2. The summed E-state index contributed by atoms with van der Waals surface area (Å²) in [6, 6.07) is 13.3. The molecule has 0 bridgehead atoms. The quantitative estimate of drug-likeness (QED) is 0.854. The lowest BCUT2D eigenvalue weighted by atomic mass is 10.1. The van der Waals surface area contributed by atoms with E-state index >= 15 is 0 Å². The van der Waals surface area contributed by atoms with Crippen LogP contribution in [0.15, 0.2) is 42.5 Å². The van der Waals surface area contributed by atoms with Gasteiger partial charge in [0.25, 0.3) is 0 Å². The number of benzene rings is 2. The number of carbonyl (C=O) groups excluding carboxylic acids is 2. The van der Waals surface area contributed by atoms with Crippen molar-refractivity contribution in [1.82, 2.24) is 5.32 Å². The highest BCUT2D eigenvalue weighted by atomic mass is 35.5. The van der Waals surface area contributed by atoms with Gasteiger partial charge < -0.3 is 10.6 Å². The van der Waals surface area contributed by atoms with Crippen molar-refractivity contribution in [1.29, 1.82) is 0 Å². The number of rotatable bonds is 5. The Balaban J connectivity index is 1.52. The summed E-state index contributed by atoms with van der Waals surface area (Å²) in [5.41, 5.74) is 3.88. The molecule has 0 heterocycles. The first kappa shape index (κ1) is 17.5. The number of amides is 2. The van der Waals surface area contributed by atoms with Gasteiger partial charge in [0.2, 0.25) is 11.8 Å². The highest BCUT2D eigenvalue weighted by Crippen LogP contribution is 2.39. The molecule has 0 radical (unpaired) electrons. The van der Waals surface area contributed by atoms with Crippen molar-refractivity contribution < 1.29 is 9.59 Å². The highest BCUT2D eigenvalue weighted by Gasteiger charge is 2.47. The molecule has 0 aliphatic heterocycles. The van der Waals surface area contributed by atoms with Crippen LogP contribution in [0, 0.1) is 25.7 Å². The van der Waals surface area contributed by atoms with Crippen molar-refractivity contribution in [3.05, 3.63) is 64.2 Å². The van der Waals surface area contributed by atoms with Crippen LogP contribution in [0.2, 0.25) is 5.02 Å². The van der Waals surface area contributed by atoms with Gasteiger partial charge in [0, 0.05) is 17.3 Å². The van der Waals surface area contributed by atoms with E-state index in [1.165, 1.54) is 0 Å². The third-order valence-corrected chi connectivity index (χ3v) is 4.86. The molecule has 1 fully saturated rings. The van der Waals surface area contributed by atoms with E-state index in [-0.39, 0.29) is 23.7 Å². The first-order valence-electron chi connectivity index (χ1n) is 8.35. The zero-order chi connectivity index (χ0) is 18.0. The summed E-state index contributed by atoms with van der Waals surface area (Å²) >= 11 is 5.92. The maximum absolute atomic E-state index is 12.3.